The zero-order valence-corrected chi connectivity index (χ0v) is 21.5. The molecule has 2 heterocycles. The summed E-state index contributed by atoms with van der Waals surface area (Å²) in [7, 11) is 0. The van der Waals surface area contributed by atoms with E-state index in [9.17, 15) is 8.78 Å². The number of nitrogens with two attached hydrogens (primary N) is 1. The van der Waals surface area contributed by atoms with Crippen LogP contribution in [-0.4, -0.2) is 50.9 Å². The standard InChI is InChI=1S/C28H28ClF2N7/c29-22-7-1-19(2-8-22)17-33-28-35-25(34-27(32)36-28)18-37-13-15-38(16-14-37)26(20-3-9-23(30)10-4-20)21-5-11-24(31)12-6-21/h1-12,26H,13-18H2,(H3,32,33,34,35,36). The molecule has 3 N–H and O–H groups in total. The number of hydrogen-bond donors (Lipinski definition) is 2. The molecule has 7 nitrogen and oxygen atoms in total. The van der Waals surface area contributed by atoms with E-state index < -0.39 is 0 Å². The van der Waals surface area contributed by atoms with E-state index in [1.165, 1.54) is 24.3 Å². The third-order valence-electron chi connectivity index (χ3n) is 6.57. The fourth-order valence-electron chi connectivity index (χ4n) is 4.66. The molecule has 0 spiro atoms. The molecule has 1 aliphatic heterocycles. The molecule has 5 rings (SSSR count). The fourth-order valence-corrected chi connectivity index (χ4v) is 4.78. The van der Waals surface area contributed by atoms with Gasteiger partial charge in [-0.2, -0.15) is 15.0 Å². The van der Waals surface area contributed by atoms with Gasteiger partial charge in [-0.25, -0.2) is 8.78 Å². The zero-order valence-electron chi connectivity index (χ0n) is 20.7. The normalized spacial score (nSPS) is 14.6. The van der Waals surface area contributed by atoms with Gasteiger partial charge in [-0.1, -0.05) is 48.0 Å². The van der Waals surface area contributed by atoms with Crippen LogP contribution in [-0.2, 0) is 13.1 Å². The van der Waals surface area contributed by atoms with Crippen LogP contribution in [0, 0.1) is 11.6 Å². The Hall–Kier alpha value is -3.66. The number of anilines is 2. The monoisotopic (exact) mass is 535 g/mol. The third kappa shape index (κ3) is 6.61. The minimum atomic E-state index is -0.282. The second kappa shape index (κ2) is 11.8. The van der Waals surface area contributed by atoms with Crippen LogP contribution in [0.15, 0.2) is 72.8 Å². The van der Waals surface area contributed by atoms with Crippen LogP contribution < -0.4 is 11.1 Å². The van der Waals surface area contributed by atoms with Crippen LogP contribution in [0.5, 0.6) is 0 Å². The first-order valence-corrected chi connectivity index (χ1v) is 12.8. The van der Waals surface area contributed by atoms with Gasteiger partial charge in [-0.15, -0.1) is 0 Å². The molecule has 0 saturated carbocycles. The quantitative estimate of drug-likeness (QED) is 0.332. The summed E-state index contributed by atoms with van der Waals surface area (Å²) in [4.78, 5) is 17.7. The van der Waals surface area contributed by atoms with Crippen molar-refractivity contribution < 1.29 is 8.78 Å². The molecule has 1 saturated heterocycles. The van der Waals surface area contributed by atoms with Gasteiger partial charge in [0.2, 0.25) is 11.9 Å². The largest absolute Gasteiger partial charge is 0.368 e. The summed E-state index contributed by atoms with van der Waals surface area (Å²) in [6, 6.07) is 20.5. The lowest BCUT2D eigenvalue weighted by atomic mass is 9.96. The van der Waals surface area contributed by atoms with Gasteiger partial charge in [0.1, 0.15) is 17.5 Å². The molecule has 0 unspecified atom stereocenters. The van der Waals surface area contributed by atoms with Crippen LogP contribution in [0.3, 0.4) is 0 Å². The van der Waals surface area contributed by atoms with E-state index in [0.717, 1.165) is 42.9 Å². The highest BCUT2D eigenvalue weighted by molar-refractivity contribution is 6.30. The molecule has 10 heteroatoms. The summed E-state index contributed by atoms with van der Waals surface area (Å²) >= 11 is 5.96. The van der Waals surface area contributed by atoms with Gasteiger partial charge in [-0.05, 0) is 53.1 Å². The minimum absolute atomic E-state index is 0.102. The number of nitrogens with one attached hydrogen (secondary N) is 1. The van der Waals surface area contributed by atoms with Crippen molar-refractivity contribution in [1.29, 1.82) is 0 Å². The summed E-state index contributed by atoms with van der Waals surface area (Å²) in [6.45, 7) is 4.15. The zero-order chi connectivity index (χ0) is 26.5. The molecule has 0 bridgehead atoms. The smallest absolute Gasteiger partial charge is 0.228 e. The Labute approximate surface area is 225 Å². The summed E-state index contributed by atoms with van der Waals surface area (Å²) in [6.07, 6.45) is 0. The van der Waals surface area contributed by atoms with Crippen molar-refractivity contribution in [2.75, 3.05) is 37.2 Å². The number of nitrogens with zero attached hydrogens (tertiary/aromatic N) is 5. The Morgan fingerprint density at radius 1 is 0.789 bits per heavy atom. The van der Waals surface area contributed by atoms with Gasteiger partial charge in [-0.3, -0.25) is 9.80 Å². The molecule has 4 aromatic rings. The first kappa shape index (κ1) is 26.0. The topological polar surface area (TPSA) is 83.2 Å². The lowest BCUT2D eigenvalue weighted by Gasteiger charge is -2.39. The second-order valence-electron chi connectivity index (χ2n) is 9.23. The Balaban J connectivity index is 1.24. The second-order valence-corrected chi connectivity index (χ2v) is 9.67. The molecule has 0 atom stereocenters. The van der Waals surface area contributed by atoms with Crippen molar-refractivity contribution in [3.05, 3.63) is 112 Å². The summed E-state index contributed by atoms with van der Waals surface area (Å²) in [5.41, 5.74) is 8.94. The van der Waals surface area contributed by atoms with Crippen LogP contribution >= 0.6 is 11.6 Å². The molecule has 1 aromatic heterocycles. The molecule has 0 aliphatic carbocycles. The molecular formula is C28H28ClF2N7. The molecule has 0 radical (unpaired) electrons. The van der Waals surface area contributed by atoms with Gasteiger partial charge in [0, 0.05) is 37.7 Å². The fraction of sp³-hybridized carbons (Fsp3) is 0.250. The lowest BCUT2D eigenvalue weighted by Crippen LogP contribution is -2.47. The van der Waals surface area contributed by atoms with Crippen molar-refractivity contribution in [2.24, 2.45) is 0 Å². The average molecular weight is 536 g/mol. The number of rotatable bonds is 8. The number of halogens is 3. The van der Waals surface area contributed by atoms with Gasteiger partial charge in [0.15, 0.2) is 0 Å². The molecule has 38 heavy (non-hydrogen) atoms. The Morgan fingerprint density at radius 2 is 1.37 bits per heavy atom. The summed E-state index contributed by atoms with van der Waals surface area (Å²) in [5.74, 6) is 0.622. The lowest BCUT2D eigenvalue weighted by molar-refractivity contribution is 0.103. The van der Waals surface area contributed by atoms with E-state index in [1.807, 2.05) is 24.3 Å². The predicted octanol–water partition coefficient (Wildman–Crippen LogP) is 4.90. The maximum absolute atomic E-state index is 13.6. The highest BCUT2D eigenvalue weighted by atomic mass is 35.5. The average Bonchev–Trinajstić information content (AvgIpc) is 2.91. The van der Waals surface area contributed by atoms with Gasteiger partial charge < -0.3 is 11.1 Å². The molecule has 196 valence electrons. The van der Waals surface area contributed by atoms with Crippen molar-refractivity contribution in [3.63, 3.8) is 0 Å². The Kier molecular flexibility index (Phi) is 8.07. The molecule has 3 aromatic carbocycles. The van der Waals surface area contributed by atoms with E-state index in [-0.39, 0.29) is 23.6 Å². The first-order chi connectivity index (χ1) is 18.4. The van der Waals surface area contributed by atoms with Crippen molar-refractivity contribution in [3.8, 4) is 0 Å². The highest BCUT2D eigenvalue weighted by Gasteiger charge is 2.27. The third-order valence-corrected chi connectivity index (χ3v) is 6.82. The van der Waals surface area contributed by atoms with Crippen molar-refractivity contribution >= 4 is 23.5 Å². The van der Waals surface area contributed by atoms with Gasteiger partial charge in [0.05, 0.1) is 12.6 Å². The van der Waals surface area contributed by atoms with E-state index in [2.05, 4.69) is 30.1 Å². The Morgan fingerprint density at radius 3 is 1.95 bits per heavy atom. The predicted molar refractivity (Wildman–Crippen MR) is 145 cm³/mol. The number of piperazine rings is 1. The van der Waals surface area contributed by atoms with Crippen LogP contribution in [0.25, 0.3) is 0 Å². The number of hydrogen-bond acceptors (Lipinski definition) is 7. The van der Waals surface area contributed by atoms with Crippen molar-refractivity contribution in [2.45, 2.75) is 19.1 Å². The van der Waals surface area contributed by atoms with Crippen LogP contribution in [0.1, 0.15) is 28.6 Å². The minimum Gasteiger partial charge on any atom is -0.368 e. The highest BCUT2D eigenvalue weighted by Crippen LogP contribution is 2.30. The molecule has 0 amide bonds. The van der Waals surface area contributed by atoms with E-state index in [4.69, 9.17) is 17.3 Å². The maximum Gasteiger partial charge on any atom is 0.228 e. The van der Waals surface area contributed by atoms with Crippen molar-refractivity contribution in [1.82, 2.24) is 24.8 Å². The van der Waals surface area contributed by atoms with E-state index in [0.29, 0.717) is 29.9 Å². The Bertz CT molecular complexity index is 1300. The molecular weight excluding hydrogens is 508 g/mol. The number of nitrogen functional groups attached to an aromatic ring is 1. The summed E-state index contributed by atoms with van der Waals surface area (Å²) < 4.78 is 27.2. The first-order valence-electron chi connectivity index (χ1n) is 12.4. The van der Waals surface area contributed by atoms with Gasteiger partial charge >= 0.3 is 0 Å². The summed E-state index contributed by atoms with van der Waals surface area (Å²) in [5, 5.41) is 3.88. The van der Waals surface area contributed by atoms with Crippen LogP contribution in [0.2, 0.25) is 5.02 Å². The molecule has 1 aliphatic rings. The maximum atomic E-state index is 13.6. The SMILES string of the molecule is Nc1nc(CN2CCN(C(c3ccc(F)cc3)c3ccc(F)cc3)CC2)nc(NCc2ccc(Cl)cc2)n1. The number of aromatic nitrogens is 3. The van der Waals surface area contributed by atoms with Gasteiger partial charge in [0.25, 0.3) is 0 Å². The van der Waals surface area contributed by atoms with E-state index in [1.54, 1.807) is 24.3 Å². The van der Waals surface area contributed by atoms with Crippen LogP contribution in [0.4, 0.5) is 20.7 Å². The molecule has 1 fully saturated rings. The number of benzene rings is 3. The van der Waals surface area contributed by atoms with E-state index >= 15 is 0 Å².